The van der Waals surface area contributed by atoms with E-state index in [1.54, 1.807) is 4.90 Å². The third-order valence-electron chi connectivity index (χ3n) is 5.45. The first-order valence-corrected chi connectivity index (χ1v) is 8.48. The van der Waals surface area contributed by atoms with Crippen LogP contribution in [0.4, 0.5) is 0 Å². The molecule has 0 unspecified atom stereocenters. The van der Waals surface area contributed by atoms with Gasteiger partial charge in [0.15, 0.2) is 5.66 Å². The van der Waals surface area contributed by atoms with Crippen LogP contribution in [0.1, 0.15) is 57.8 Å². The monoisotopic (exact) mass is 317 g/mol. The van der Waals surface area contributed by atoms with Crippen molar-refractivity contribution in [1.82, 2.24) is 4.90 Å². The maximum atomic E-state index is 12.7. The van der Waals surface area contributed by atoms with Gasteiger partial charge in [-0.15, -0.1) is 12.3 Å². The molecule has 0 aromatic heterocycles. The Bertz CT molecular complexity index is 560. The third-order valence-corrected chi connectivity index (χ3v) is 5.45. The number of hydrogen-bond donors (Lipinski definition) is 1. The molecule has 23 heavy (non-hydrogen) atoms. The Hall–Kier alpha value is -1.90. The molecule has 1 saturated heterocycles. The average molecular weight is 317 g/mol. The lowest BCUT2D eigenvalue weighted by atomic mass is 9.84. The number of carbonyl (C=O) groups excluding carboxylic acids is 1. The predicted molar refractivity (Wildman–Crippen MR) is 83.5 cm³/mol. The second-order valence-corrected chi connectivity index (χ2v) is 6.89. The van der Waals surface area contributed by atoms with E-state index in [1.807, 2.05) is 0 Å². The fourth-order valence-corrected chi connectivity index (χ4v) is 4.14. The SMILES string of the molecule is C#CCCC1(CCC(=O)N2[C@H](C(=O)O)C[C@@H]3CCCC[C@@H]32)N=N1. The molecular weight excluding hydrogens is 294 g/mol. The quantitative estimate of drug-likeness (QED) is 0.764. The second kappa shape index (κ2) is 6.31. The molecule has 0 aromatic rings. The van der Waals surface area contributed by atoms with Crippen LogP contribution in [0.15, 0.2) is 10.2 Å². The Kier molecular flexibility index (Phi) is 4.38. The summed E-state index contributed by atoms with van der Waals surface area (Å²) in [6.07, 6.45) is 12.1. The van der Waals surface area contributed by atoms with Gasteiger partial charge in [-0.3, -0.25) is 4.79 Å². The van der Waals surface area contributed by atoms with Gasteiger partial charge in [0.1, 0.15) is 6.04 Å². The minimum atomic E-state index is -0.879. The standard InChI is InChI=1S/C17H23N3O3/c1-2-3-9-17(18-19-17)10-8-15(21)20-13-7-5-4-6-12(13)11-14(20)16(22)23/h1,12-14H,3-11H2,(H,22,23)/t12-,13-,14-/m0/s1. The highest BCUT2D eigenvalue weighted by atomic mass is 16.4. The number of aliphatic carboxylic acids is 1. The van der Waals surface area contributed by atoms with Gasteiger partial charge in [-0.2, -0.15) is 10.2 Å². The fourth-order valence-electron chi connectivity index (χ4n) is 4.14. The molecule has 2 heterocycles. The fraction of sp³-hybridized carbons (Fsp3) is 0.765. The van der Waals surface area contributed by atoms with E-state index < -0.39 is 17.7 Å². The van der Waals surface area contributed by atoms with Crippen molar-refractivity contribution in [2.24, 2.45) is 16.1 Å². The van der Waals surface area contributed by atoms with E-state index in [4.69, 9.17) is 6.42 Å². The highest BCUT2D eigenvalue weighted by Gasteiger charge is 2.48. The number of fused-ring (bicyclic) bond motifs is 1. The van der Waals surface area contributed by atoms with E-state index in [9.17, 15) is 14.7 Å². The second-order valence-electron chi connectivity index (χ2n) is 6.89. The van der Waals surface area contributed by atoms with Gasteiger partial charge < -0.3 is 10.0 Å². The van der Waals surface area contributed by atoms with Gasteiger partial charge in [0.2, 0.25) is 5.91 Å². The number of terminal acetylenes is 1. The number of carboxylic acid groups (broad SMARTS) is 1. The molecule has 0 aromatic carbocycles. The van der Waals surface area contributed by atoms with Crippen LogP contribution in [0.5, 0.6) is 0 Å². The third kappa shape index (κ3) is 3.24. The van der Waals surface area contributed by atoms with Crippen molar-refractivity contribution >= 4 is 11.9 Å². The van der Waals surface area contributed by atoms with Crippen LogP contribution in [0, 0.1) is 18.3 Å². The molecule has 2 aliphatic heterocycles. The van der Waals surface area contributed by atoms with Crippen LogP contribution >= 0.6 is 0 Å². The van der Waals surface area contributed by atoms with Crippen LogP contribution in [0.2, 0.25) is 0 Å². The minimum absolute atomic E-state index is 0.0656. The first-order valence-electron chi connectivity index (χ1n) is 8.48. The van der Waals surface area contributed by atoms with Gasteiger partial charge >= 0.3 is 5.97 Å². The van der Waals surface area contributed by atoms with Crippen molar-refractivity contribution in [3.63, 3.8) is 0 Å². The van der Waals surface area contributed by atoms with Gasteiger partial charge in [0.05, 0.1) is 0 Å². The van der Waals surface area contributed by atoms with Crippen LogP contribution in [0.3, 0.4) is 0 Å². The number of nitrogens with zero attached hydrogens (tertiary/aromatic N) is 3. The van der Waals surface area contributed by atoms with Crippen molar-refractivity contribution in [3.8, 4) is 12.3 Å². The summed E-state index contributed by atoms with van der Waals surface area (Å²) in [5, 5.41) is 17.6. The van der Waals surface area contributed by atoms with Crippen molar-refractivity contribution in [2.45, 2.75) is 75.5 Å². The molecule has 3 aliphatic rings. The van der Waals surface area contributed by atoms with E-state index in [0.717, 1.165) is 25.7 Å². The summed E-state index contributed by atoms with van der Waals surface area (Å²) in [6.45, 7) is 0. The lowest BCUT2D eigenvalue weighted by Gasteiger charge is -2.33. The predicted octanol–water partition coefficient (Wildman–Crippen LogP) is 2.59. The van der Waals surface area contributed by atoms with Crippen LogP contribution in [-0.2, 0) is 9.59 Å². The molecule has 1 amide bonds. The largest absolute Gasteiger partial charge is 0.480 e. The molecule has 0 radical (unpaired) electrons. The smallest absolute Gasteiger partial charge is 0.326 e. The van der Waals surface area contributed by atoms with Gasteiger partial charge in [-0.1, -0.05) is 12.8 Å². The number of rotatable bonds is 6. The van der Waals surface area contributed by atoms with Gasteiger partial charge in [0.25, 0.3) is 0 Å². The molecule has 3 rings (SSSR count). The van der Waals surface area contributed by atoms with Crippen LogP contribution in [-0.4, -0.2) is 39.6 Å². The van der Waals surface area contributed by atoms with E-state index >= 15 is 0 Å². The summed E-state index contributed by atoms with van der Waals surface area (Å²) in [4.78, 5) is 25.9. The molecule has 6 nitrogen and oxygen atoms in total. The normalized spacial score (nSPS) is 30.6. The maximum Gasteiger partial charge on any atom is 0.326 e. The first-order chi connectivity index (χ1) is 11.1. The lowest BCUT2D eigenvalue weighted by Crippen LogP contribution is -2.46. The Labute approximate surface area is 136 Å². The molecule has 3 atom stereocenters. The zero-order chi connectivity index (χ0) is 16.4. The Morgan fingerprint density at radius 3 is 2.65 bits per heavy atom. The van der Waals surface area contributed by atoms with Crippen molar-refractivity contribution in [1.29, 1.82) is 0 Å². The Morgan fingerprint density at radius 2 is 2.00 bits per heavy atom. The van der Waals surface area contributed by atoms with Gasteiger partial charge in [-0.25, -0.2) is 4.79 Å². The van der Waals surface area contributed by atoms with E-state index in [1.165, 1.54) is 0 Å². The Morgan fingerprint density at radius 1 is 1.26 bits per heavy atom. The molecule has 0 spiro atoms. The highest BCUT2D eigenvalue weighted by molar-refractivity contribution is 5.84. The number of likely N-dealkylation sites (tertiary alicyclic amines) is 1. The maximum absolute atomic E-state index is 12.7. The summed E-state index contributed by atoms with van der Waals surface area (Å²) < 4.78 is 0. The summed E-state index contributed by atoms with van der Waals surface area (Å²) in [6, 6.07) is -0.558. The lowest BCUT2D eigenvalue weighted by molar-refractivity contribution is -0.150. The molecule has 1 aliphatic carbocycles. The number of amides is 1. The molecule has 1 saturated carbocycles. The number of hydrogen-bond acceptors (Lipinski definition) is 4. The van der Waals surface area contributed by atoms with Gasteiger partial charge in [-0.05, 0) is 25.2 Å². The highest BCUT2D eigenvalue weighted by Crippen LogP contribution is 2.42. The number of carbonyl (C=O) groups is 2. The van der Waals surface area contributed by atoms with E-state index in [2.05, 4.69) is 16.1 Å². The molecule has 6 heteroatoms. The van der Waals surface area contributed by atoms with E-state index in [0.29, 0.717) is 38.0 Å². The van der Waals surface area contributed by atoms with E-state index in [-0.39, 0.29) is 11.9 Å². The van der Waals surface area contributed by atoms with Crippen molar-refractivity contribution < 1.29 is 14.7 Å². The summed E-state index contributed by atoms with van der Waals surface area (Å²) >= 11 is 0. The summed E-state index contributed by atoms with van der Waals surface area (Å²) in [7, 11) is 0. The van der Waals surface area contributed by atoms with Crippen LogP contribution in [0.25, 0.3) is 0 Å². The summed E-state index contributed by atoms with van der Waals surface area (Å²) in [5.74, 6) is 1.97. The molecule has 1 N–H and O–H groups in total. The molecule has 124 valence electrons. The van der Waals surface area contributed by atoms with Crippen LogP contribution < -0.4 is 0 Å². The Balaban J connectivity index is 1.62. The summed E-state index contributed by atoms with van der Waals surface area (Å²) in [5.41, 5.74) is -0.480. The van der Waals surface area contributed by atoms with Crippen molar-refractivity contribution in [2.75, 3.05) is 0 Å². The topological polar surface area (TPSA) is 82.3 Å². The average Bonchev–Trinajstić information content (AvgIpc) is 3.21. The van der Waals surface area contributed by atoms with Crippen molar-refractivity contribution in [3.05, 3.63) is 0 Å². The minimum Gasteiger partial charge on any atom is -0.480 e. The zero-order valence-electron chi connectivity index (χ0n) is 13.3. The first kappa shape index (κ1) is 16.0. The van der Waals surface area contributed by atoms with Gasteiger partial charge in [0, 0.05) is 31.7 Å². The molecule has 2 fully saturated rings. The number of carboxylic acids is 1. The molecule has 0 bridgehead atoms. The zero-order valence-corrected chi connectivity index (χ0v) is 13.3. The molecular formula is C17H23N3O3.